The van der Waals surface area contributed by atoms with Crippen LogP contribution in [-0.4, -0.2) is 0 Å². The molecule has 0 amide bonds. The lowest BCUT2D eigenvalue weighted by atomic mass is 9.84. The van der Waals surface area contributed by atoms with E-state index in [2.05, 4.69) is 50.5 Å². The molecule has 2 aromatic rings. The first-order valence-corrected chi connectivity index (χ1v) is 8.20. The predicted molar refractivity (Wildman–Crippen MR) is 95.3 cm³/mol. The maximum atomic E-state index is 6.59. The Morgan fingerprint density at radius 1 is 0.905 bits per heavy atom. The highest BCUT2D eigenvalue weighted by molar-refractivity contribution is 9.10. The van der Waals surface area contributed by atoms with E-state index in [0.29, 0.717) is 5.02 Å². The lowest BCUT2D eigenvalue weighted by Gasteiger charge is -2.24. The molecule has 0 saturated carbocycles. The predicted octanol–water partition coefficient (Wildman–Crippen LogP) is 5.69. The summed E-state index contributed by atoms with van der Waals surface area (Å²) in [6, 6.07) is 5.58. The molecule has 1 unspecified atom stereocenters. The molecule has 0 saturated heterocycles. The van der Waals surface area contributed by atoms with Crippen LogP contribution in [0.2, 0.25) is 5.02 Å². The van der Waals surface area contributed by atoms with Crippen molar-refractivity contribution < 1.29 is 0 Å². The molecular formula is C18H21BrClN. The fourth-order valence-electron chi connectivity index (χ4n) is 2.90. The normalized spacial score (nSPS) is 12.6. The second-order valence-electron chi connectivity index (χ2n) is 5.68. The highest BCUT2D eigenvalue weighted by Gasteiger charge is 2.20. The van der Waals surface area contributed by atoms with Gasteiger partial charge in [0.1, 0.15) is 0 Å². The summed E-state index contributed by atoms with van der Waals surface area (Å²) in [6.07, 6.45) is 0. The summed E-state index contributed by atoms with van der Waals surface area (Å²) in [5.41, 5.74) is 15.4. The highest BCUT2D eigenvalue weighted by atomic mass is 79.9. The third-order valence-electron chi connectivity index (χ3n) is 4.66. The fourth-order valence-corrected chi connectivity index (χ4v) is 3.58. The van der Waals surface area contributed by atoms with Gasteiger partial charge in [0, 0.05) is 9.50 Å². The number of benzene rings is 2. The van der Waals surface area contributed by atoms with E-state index in [1.807, 2.05) is 18.2 Å². The Balaban J connectivity index is 2.69. The first kappa shape index (κ1) is 16.5. The largest absolute Gasteiger partial charge is 0.320 e. The Morgan fingerprint density at radius 2 is 1.38 bits per heavy atom. The van der Waals surface area contributed by atoms with E-state index in [1.165, 1.54) is 33.4 Å². The molecule has 1 nitrogen and oxygen atoms in total. The molecule has 0 spiro atoms. The minimum Gasteiger partial charge on any atom is -0.320 e. The molecule has 0 bridgehead atoms. The Bertz CT molecular complexity index is 678. The average Bonchev–Trinajstić information content (AvgIpc) is 2.45. The summed E-state index contributed by atoms with van der Waals surface area (Å²) >= 11 is 9.73. The zero-order valence-electron chi connectivity index (χ0n) is 13.1. The van der Waals surface area contributed by atoms with E-state index in [-0.39, 0.29) is 6.04 Å². The van der Waals surface area contributed by atoms with Gasteiger partial charge in [0.05, 0.1) is 6.04 Å². The molecule has 0 aliphatic rings. The maximum Gasteiger partial charge on any atom is 0.0568 e. The number of nitrogens with two attached hydrogens (primary N) is 1. The topological polar surface area (TPSA) is 26.0 Å². The summed E-state index contributed by atoms with van der Waals surface area (Å²) in [4.78, 5) is 0. The van der Waals surface area contributed by atoms with Gasteiger partial charge in [-0.15, -0.1) is 0 Å². The first-order chi connectivity index (χ1) is 9.75. The van der Waals surface area contributed by atoms with E-state index in [0.717, 1.165) is 10.0 Å². The molecule has 0 radical (unpaired) electrons. The van der Waals surface area contributed by atoms with Crippen LogP contribution in [0.1, 0.15) is 45.0 Å². The minimum atomic E-state index is -0.184. The standard InChI is InChI=1S/C18H21BrClN/c1-9-10(2)12(4)17(13(5)11(9)3)18(21)15-8-14(20)6-7-16(15)19/h6-8,18H,21H2,1-5H3. The van der Waals surface area contributed by atoms with Gasteiger partial charge in [-0.3, -0.25) is 0 Å². The van der Waals surface area contributed by atoms with Crippen LogP contribution < -0.4 is 5.73 Å². The molecule has 0 heterocycles. The van der Waals surface area contributed by atoms with Crippen molar-refractivity contribution in [2.75, 3.05) is 0 Å². The van der Waals surface area contributed by atoms with Crippen LogP contribution in [0.5, 0.6) is 0 Å². The molecule has 112 valence electrons. The number of rotatable bonds is 2. The van der Waals surface area contributed by atoms with E-state index in [1.54, 1.807) is 0 Å². The molecule has 0 aliphatic heterocycles. The quantitative estimate of drug-likeness (QED) is 0.725. The fraction of sp³-hybridized carbons (Fsp3) is 0.333. The molecule has 3 heteroatoms. The molecule has 2 N–H and O–H groups in total. The zero-order chi connectivity index (χ0) is 15.9. The van der Waals surface area contributed by atoms with Crippen LogP contribution in [0.25, 0.3) is 0 Å². The number of halogens is 2. The Labute approximate surface area is 140 Å². The van der Waals surface area contributed by atoms with Crippen molar-refractivity contribution in [1.82, 2.24) is 0 Å². The molecule has 0 aliphatic carbocycles. The van der Waals surface area contributed by atoms with Gasteiger partial charge in [-0.1, -0.05) is 27.5 Å². The van der Waals surface area contributed by atoms with Crippen LogP contribution in [0, 0.1) is 34.6 Å². The summed E-state index contributed by atoms with van der Waals surface area (Å²) in [5.74, 6) is 0. The maximum absolute atomic E-state index is 6.59. The van der Waals surface area contributed by atoms with Crippen molar-refractivity contribution in [3.8, 4) is 0 Å². The monoisotopic (exact) mass is 365 g/mol. The lowest BCUT2D eigenvalue weighted by Crippen LogP contribution is -2.17. The molecule has 2 aromatic carbocycles. The van der Waals surface area contributed by atoms with Gasteiger partial charge in [0.15, 0.2) is 0 Å². The zero-order valence-corrected chi connectivity index (χ0v) is 15.5. The first-order valence-electron chi connectivity index (χ1n) is 7.03. The summed E-state index contributed by atoms with van der Waals surface area (Å²) in [7, 11) is 0. The van der Waals surface area contributed by atoms with Crippen molar-refractivity contribution in [1.29, 1.82) is 0 Å². The van der Waals surface area contributed by atoms with Crippen molar-refractivity contribution >= 4 is 27.5 Å². The van der Waals surface area contributed by atoms with Crippen molar-refractivity contribution in [2.45, 2.75) is 40.7 Å². The van der Waals surface area contributed by atoms with Crippen molar-refractivity contribution in [3.05, 3.63) is 66.6 Å². The highest BCUT2D eigenvalue weighted by Crippen LogP contribution is 2.35. The van der Waals surface area contributed by atoms with Gasteiger partial charge in [0.2, 0.25) is 0 Å². The number of hydrogen-bond donors (Lipinski definition) is 1. The molecular weight excluding hydrogens is 346 g/mol. The van der Waals surface area contributed by atoms with Crippen LogP contribution in [-0.2, 0) is 0 Å². The Hall–Kier alpha value is -0.830. The summed E-state index contributed by atoms with van der Waals surface area (Å²) in [5, 5.41) is 0.708. The van der Waals surface area contributed by atoms with Gasteiger partial charge in [-0.05, 0) is 91.8 Å². The Morgan fingerprint density at radius 3 is 1.90 bits per heavy atom. The Kier molecular flexibility index (Phi) is 4.82. The van der Waals surface area contributed by atoms with Crippen molar-refractivity contribution in [3.63, 3.8) is 0 Å². The van der Waals surface area contributed by atoms with Gasteiger partial charge < -0.3 is 5.73 Å². The van der Waals surface area contributed by atoms with E-state index < -0.39 is 0 Å². The third kappa shape index (κ3) is 2.90. The van der Waals surface area contributed by atoms with E-state index in [4.69, 9.17) is 17.3 Å². The van der Waals surface area contributed by atoms with Crippen LogP contribution in [0.3, 0.4) is 0 Å². The van der Waals surface area contributed by atoms with Crippen LogP contribution >= 0.6 is 27.5 Å². The molecule has 2 rings (SSSR count). The van der Waals surface area contributed by atoms with Gasteiger partial charge >= 0.3 is 0 Å². The minimum absolute atomic E-state index is 0.184. The van der Waals surface area contributed by atoms with Crippen LogP contribution in [0.15, 0.2) is 22.7 Å². The second-order valence-corrected chi connectivity index (χ2v) is 6.97. The number of hydrogen-bond acceptors (Lipinski definition) is 1. The van der Waals surface area contributed by atoms with E-state index >= 15 is 0 Å². The van der Waals surface area contributed by atoms with Crippen molar-refractivity contribution in [2.24, 2.45) is 5.73 Å². The summed E-state index contributed by atoms with van der Waals surface area (Å²) < 4.78 is 0.995. The third-order valence-corrected chi connectivity index (χ3v) is 5.62. The van der Waals surface area contributed by atoms with E-state index in [9.17, 15) is 0 Å². The molecule has 21 heavy (non-hydrogen) atoms. The van der Waals surface area contributed by atoms with Gasteiger partial charge in [0.25, 0.3) is 0 Å². The summed E-state index contributed by atoms with van der Waals surface area (Å²) in [6.45, 7) is 10.8. The smallest absolute Gasteiger partial charge is 0.0568 e. The molecule has 0 fully saturated rings. The average molecular weight is 367 g/mol. The molecule has 1 atom stereocenters. The van der Waals surface area contributed by atoms with Crippen LogP contribution in [0.4, 0.5) is 0 Å². The molecule has 0 aromatic heterocycles. The van der Waals surface area contributed by atoms with Gasteiger partial charge in [-0.2, -0.15) is 0 Å². The lowest BCUT2D eigenvalue weighted by molar-refractivity contribution is 0.838. The SMILES string of the molecule is Cc1c(C)c(C)c(C(N)c2cc(Cl)ccc2Br)c(C)c1C. The second kappa shape index (κ2) is 6.12. The van der Waals surface area contributed by atoms with Gasteiger partial charge in [-0.25, -0.2) is 0 Å².